The fourth-order valence-electron chi connectivity index (χ4n) is 0.758. The van der Waals surface area contributed by atoms with Crippen LogP contribution in [-0.2, 0) is 0 Å². The molecule has 0 aromatic carbocycles. The Hall–Kier alpha value is -1.17. The van der Waals surface area contributed by atoms with Gasteiger partial charge in [-0.05, 0) is 12.1 Å². The van der Waals surface area contributed by atoms with Gasteiger partial charge in [-0.3, -0.25) is 0 Å². The van der Waals surface area contributed by atoms with Gasteiger partial charge in [0, 0.05) is 5.69 Å². The molecule has 0 radical (unpaired) electrons. The lowest BCUT2D eigenvalue weighted by atomic mass is 10.2. The molecule has 12 heavy (non-hydrogen) atoms. The van der Waals surface area contributed by atoms with Gasteiger partial charge in [-0.15, -0.1) is 0 Å². The van der Waals surface area contributed by atoms with Gasteiger partial charge in [-0.2, -0.15) is 13.2 Å². The number of halogens is 3. The Morgan fingerprint density at radius 1 is 1.42 bits per heavy atom. The molecule has 4 N–H and O–H groups in total. The number of aromatic hydroxyl groups is 1. The summed E-state index contributed by atoms with van der Waals surface area (Å²) in [5.74, 6) is -0.329. The summed E-state index contributed by atoms with van der Waals surface area (Å²) >= 11 is 0. The van der Waals surface area contributed by atoms with Crippen LogP contribution in [0.5, 0.6) is 5.88 Å². The second-order valence-corrected chi connectivity index (χ2v) is 2.32. The molecule has 6 heteroatoms. The summed E-state index contributed by atoms with van der Waals surface area (Å²) in [5.41, 5.74) is 4.57. The van der Waals surface area contributed by atoms with Crippen LogP contribution in [0.15, 0.2) is 12.1 Å². The van der Waals surface area contributed by atoms with Crippen LogP contribution in [0.4, 0.5) is 13.2 Å². The smallest absolute Gasteiger partial charge is 0.409 e. The number of H-pyrrole nitrogens is 1. The number of hydrogen-bond donors (Lipinski definition) is 3. The van der Waals surface area contributed by atoms with Gasteiger partial charge in [-0.1, -0.05) is 0 Å². The standard InChI is InChI=1S/C6H7F3N2O/c7-6(8,9)5(10)3-1-2-4(12)11-3/h1-2,5,11-12H,10H2. The summed E-state index contributed by atoms with van der Waals surface area (Å²) in [4.78, 5) is 2.09. The molecule has 0 saturated heterocycles. The van der Waals surface area contributed by atoms with Crippen molar-refractivity contribution in [3.63, 3.8) is 0 Å². The Morgan fingerprint density at radius 3 is 2.33 bits per heavy atom. The van der Waals surface area contributed by atoms with Gasteiger partial charge >= 0.3 is 6.18 Å². The van der Waals surface area contributed by atoms with E-state index >= 15 is 0 Å². The maximum atomic E-state index is 11.9. The fourth-order valence-corrected chi connectivity index (χ4v) is 0.758. The minimum Gasteiger partial charge on any atom is -0.495 e. The SMILES string of the molecule is NC(c1ccc(O)[nH]1)C(F)(F)F. The van der Waals surface area contributed by atoms with Crippen LogP contribution in [0.1, 0.15) is 11.7 Å². The third-order valence-electron chi connectivity index (χ3n) is 1.38. The third kappa shape index (κ3) is 1.70. The molecular weight excluding hydrogens is 173 g/mol. The molecule has 0 fully saturated rings. The van der Waals surface area contributed by atoms with Crippen molar-refractivity contribution in [2.75, 3.05) is 0 Å². The number of alkyl halides is 3. The molecule has 1 heterocycles. The topological polar surface area (TPSA) is 62.0 Å². The highest BCUT2D eigenvalue weighted by Crippen LogP contribution is 2.30. The first-order valence-electron chi connectivity index (χ1n) is 3.11. The number of nitrogens with two attached hydrogens (primary N) is 1. The van der Waals surface area contributed by atoms with Crippen molar-refractivity contribution in [1.29, 1.82) is 0 Å². The first-order valence-corrected chi connectivity index (χ1v) is 3.11. The van der Waals surface area contributed by atoms with E-state index in [1.54, 1.807) is 0 Å². The fraction of sp³-hybridized carbons (Fsp3) is 0.333. The van der Waals surface area contributed by atoms with Gasteiger partial charge in [-0.25, -0.2) is 0 Å². The maximum Gasteiger partial charge on any atom is 0.409 e. The van der Waals surface area contributed by atoms with Gasteiger partial charge in [0.15, 0.2) is 5.88 Å². The predicted octanol–water partition coefficient (Wildman–Crippen LogP) is 1.28. The molecule has 1 aromatic rings. The lowest BCUT2D eigenvalue weighted by Gasteiger charge is -2.13. The highest BCUT2D eigenvalue weighted by Gasteiger charge is 2.38. The zero-order chi connectivity index (χ0) is 9.35. The second-order valence-electron chi connectivity index (χ2n) is 2.32. The normalized spacial score (nSPS) is 14.7. The van der Waals surface area contributed by atoms with Crippen LogP contribution >= 0.6 is 0 Å². The van der Waals surface area contributed by atoms with Gasteiger partial charge in [0.05, 0.1) is 0 Å². The summed E-state index contributed by atoms with van der Waals surface area (Å²) in [6, 6.07) is 0.132. The molecule has 68 valence electrons. The Labute approximate surface area is 66.0 Å². The van der Waals surface area contributed by atoms with Crippen LogP contribution < -0.4 is 5.73 Å². The highest BCUT2D eigenvalue weighted by molar-refractivity contribution is 5.19. The van der Waals surface area contributed by atoms with E-state index in [2.05, 4.69) is 4.98 Å². The van der Waals surface area contributed by atoms with Crippen molar-refractivity contribution in [2.24, 2.45) is 5.73 Å². The van der Waals surface area contributed by atoms with E-state index in [0.29, 0.717) is 0 Å². The Bertz CT molecular complexity index is 268. The Morgan fingerprint density at radius 2 is 2.00 bits per heavy atom. The quantitative estimate of drug-likeness (QED) is 0.609. The zero-order valence-electron chi connectivity index (χ0n) is 5.89. The second kappa shape index (κ2) is 2.71. The van der Waals surface area contributed by atoms with Crippen LogP contribution in [-0.4, -0.2) is 16.3 Å². The molecule has 1 unspecified atom stereocenters. The summed E-state index contributed by atoms with van der Waals surface area (Å²) in [7, 11) is 0. The van der Waals surface area contributed by atoms with E-state index in [1.165, 1.54) is 0 Å². The zero-order valence-corrected chi connectivity index (χ0v) is 5.89. The Kier molecular flexibility index (Phi) is 2.01. The molecule has 0 bridgehead atoms. The lowest BCUT2D eigenvalue weighted by Crippen LogP contribution is -2.28. The largest absolute Gasteiger partial charge is 0.495 e. The van der Waals surface area contributed by atoms with Crippen molar-refractivity contribution in [3.8, 4) is 5.88 Å². The average molecular weight is 180 g/mol. The minimum absolute atomic E-state index is 0.250. The molecule has 0 spiro atoms. The molecule has 0 aliphatic rings. The van der Waals surface area contributed by atoms with E-state index < -0.39 is 12.2 Å². The summed E-state index contributed by atoms with van der Waals surface area (Å²) in [6.45, 7) is 0. The first-order chi connectivity index (χ1) is 5.41. The monoisotopic (exact) mass is 180 g/mol. The van der Waals surface area contributed by atoms with E-state index in [-0.39, 0.29) is 11.6 Å². The van der Waals surface area contributed by atoms with Crippen LogP contribution in [0, 0.1) is 0 Å². The van der Waals surface area contributed by atoms with Crippen molar-refractivity contribution in [1.82, 2.24) is 4.98 Å². The molecule has 3 nitrogen and oxygen atoms in total. The molecule has 0 aliphatic carbocycles. The minimum atomic E-state index is -4.49. The molecule has 0 saturated carbocycles. The molecule has 0 aliphatic heterocycles. The lowest BCUT2D eigenvalue weighted by molar-refractivity contribution is -0.149. The van der Waals surface area contributed by atoms with Gasteiger partial charge < -0.3 is 15.8 Å². The molecular formula is C6H7F3N2O. The van der Waals surface area contributed by atoms with Crippen molar-refractivity contribution in [3.05, 3.63) is 17.8 Å². The van der Waals surface area contributed by atoms with Crippen molar-refractivity contribution >= 4 is 0 Å². The molecule has 1 aromatic heterocycles. The summed E-state index contributed by atoms with van der Waals surface area (Å²) in [6.07, 6.45) is -4.49. The number of rotatable bonds is 1. The summed E-state index contributed by atoms with van der Waals surface area (Å²) < 4.78 is 35.8. The number of aromatic amines is 1. The van der Waals surface area contributed by atoms with Gasteiger partial charge in [0.25, 0.3) is 0 Å². The maximum absolute atomic E-state index is 11.9. The van der Waals surface area contributed by atoms with Crippen molar-refractivity contribution in [2.45, 2.75) is 12.2 Å². The predicted molar refractivity (Wildman–Crippen MR) is 35.4 cm³/mol. The van der Waals surface area contributed by atoms with Crippen LogP contribution in [0.25, 0.3) is 0 Å². The van der Waals surface area contributed by atoms with Crippen LogP contribution in [0.2, 0.25) is 0 Å². The van der Waals surface area contributed by atoms with Crippen LogP contribution in [0.3, 0.4) is 0 Å². The summed E-state index contributed by atoms with van der Waals surface area (Å²) in [5, 5.41) is 8.69. The molecule has 1 rings (SSSR count). The third-order valence-corrected chi connectivity index (χ3v) is 1.38. The average Bonchev–Trinajstić information content (AvgIpc) is 2.32. The molecule has 0 amide bonds. The van der Waals surface area contributed by atoms with E-state index in [1.807, 2.05) is 0 Å². The van der Waals surface area contributed by atoms with Gasteiger partial charge in [0.2, 0.25) is 0 Å². The van der Waals surface area contributed by atoms with E-state index in [9.17, 15) is 13.2 Å². The van der Waals surface area contributed by atoms with E-state index in [0.717, 1.165) is 12.1 Å². The number of aromatic nitrogens is 1. The Balaban J connectivity index is 2.85. The van der Waals surface area contributed by atoms with E-state index in [4.69, 9.17) is 10.8 Å². The first kappa shape index (κ1) is 8.92. The highest BCUT2D eigenvalue weighted by atomic mass is 19.4. The number of hydrogen-bond acceptors (Lipinski definition) is 2. The number of nitrogens with one attached hydrogen (secondary N) is 1. The molecule has 1 atom stereocenters. The van der Waals surface area contributed by atoms with Gasteiger partial charge in [0.1, 0.15) is 6.04 Å². The van der Waals surface area contributed by atoms with Crippen molar-refractivity contribution < 1.29 is 18.3 Å².